The molecule has 1 unspecified atom stereocenters. The molecule has 1 aliphatic carbocycles. The van der Waals surface area contributed by atoms with Gasteiger partial charge in [0.1, 0.15) is 0 Å². The number of hydrogen-bond acceptors (Lipinski definition) is 2. The molecule has 1 aliphatic heterocycles. The van der Waals surface area contributed by atoms with Crippen molar-refractivity contribution in [3.8, 4) is 0 Å². The van der Waals surface area contributed by atoms with Crippen molar-refractivity contribution in [1.82, 2.24) is 5.32 Å². The van der Waals surface area contributed by atoms with Crippen LogP contribution in [-0.2, 0) is 9.53 Å². The molecule has 2 aromatic rings. The minimum atomic E-state index is -0.534. The van der Waals surface area contributed by atoms with E-state index in [4.69, 9.17) is 39.5 Å². The van der Waals surface area contributed by atoms with E-state index in [2.05, 4.69) is 24.4 Å². The summed E-state index contributed by atoms with van der Waals surface area (Å²) in [6.45, 7) is 2.51. The zero-order valence-corrected chi connectivity index (χ0v) is 18.7. The summed E-state index contributed by atoms with van der Waals surface area (Å²) < 4.78 is 5.56. The van der Waals surface area contributed by atoms with Crippen LogP contribution in [0.4, 0.5) is 0 Å². The van der Waals surface area contributed by atoms with Crippen molar-refractivity contribution in [2.45, 2.75) is 37.6 Å². The Morgan fingerprint density at radius 1 is 1.10 bits per heavy atom. The molecule has 3 nitrogen and oxygen atoms in total. The molecule has 29 heavy (non-hydrogen) atoms. The maximum Gasteiger partial charge on any atom is 0.229 e. The number of methoxy groups -OCH3 is 1. The number of nitrogens with one attached hydrogen (secondary N) is 1. The van der Waals surface area contributed by atoms with Crippen LogP contribution < -0.4 is 5.32 Å². The molecular weight excluding hydrogens is 429 g/mol. The van der Waals surface area contributed by atoms with Gasteiger partial charge in [0.15, 0.2) is 0 Å². The standard InChI is InChI=1S/C23H24Cl3NO2/c1-13-21-20(14-3-5-15(24)6-4-14)18(17-8-7-16(25)11-19(17)26)9-10-23(21,12-29-2)22(28)27-13/h3-8,11,13,18,20-21H,9-10,12H2,1-2H3,(H,27,28)/t13-,18+,20+,21?,23+/m1/s1. The Morgan fingerprint density at radius 3 is 2.45 bits per heavy atom. The number of ether oxygens (including phenoxy) is 1. The fourth-order valence-electron chi connectivity index (χ4n) is 5.62. The van der Waals surface area contributed by atoms with Gasteiger partial charge in [0.2, 0.25) is 5.91 Å². The number of carbonyl (C=O) groups is 1. The lowest BCUT2D eigenvalue weighted by Gasteiger charge is -2.47. The number of fused-ring (bicyclic) bond motifs is 1. The Bertz CT molecular complexity index is 917. The van der Waals surface area contributed by atoms with E-state index >= 15 is 0 Å². The first kappa shape index (κ1) is 21.0. The maximum atomic E-state index is 13.1. The van der Waals surface area contributed by atoms with Gasteiger partial charge in [-0.25, -0.2) is 0 Å². The largest absolute Gasteiger partial charge is 0.384 e. The summed E-state index contributed by atoms with van der Waals surface area (Å²) in [7, 11) is 1.67. The molecule has 1 saturated heterocycles. The third-order valence-corrected chi connectivity index (χ3v) is 7.54. The SMILES string of the molecule is COC[C@@]12CC[C@@H](c3ccc(Cl)cc3Cl)[C@H](c3ccc(Cl)cc3)C1[C@@H](C)NC2=O. The van der Waals surface area contributed by atoms with Crippen LogP contribution >= 0.6 is 34.8 Å². The molecule has 5 atom stereocenters. The summed E-state index contributed by atoms with van der Waals surface area (Å²) in [5, 5.41) is 5.18. The molecular formula is C23H24Cl3NO2. The lowest BCUT2D eigenvalue weighted by atomic mass is 9.55. The van der Waals surface area contributed by atoms with Crippen molar-refractivity contribution in [3.05, 3.63) is 68.7 Å². The predicted molar refractivity (Wildman–Crippen MR) is 118 cm³/mol. The van der Waals surface area contributed by atoms with E-state index in [1.807, 2.05) is 24.3 Å². The van der Waals surface area contributed by atoms with Gasteiger partial charge in [0.25, 0.3) is 0 Å². The molecule has 0 radical (unpaired) electrons. The summed E-state index contributed by atoms with van der Waals surface area (Å²) in [4.78, 5) is 13.1. The molecule has 2 aromatic carbocycles. The average Bonchev–Trinajstić information content (AvgIpc) is 2.93. The second-order valence-corrected chi connectivity index (χ2v) is 9.55. The topological polar surface area (TPSA) is 38.3 Å². The lowest BCUT2D eigenvalue weighted by Crippen LogP contribution is -2.47. The van der Waals surface area contributed by atoms with Gasteiger partial charge >= 0.3 is 0 Å². The highest BCUT2D eigenvalue weighted by Gasteiger charge is 2.60. The van der Waals surface area contributed by atoms with Gasteiger partial charge in [-0.05, 0) is 67.0 Å². The van der Waals surface area contributed by atoms with Gasteiger partial charge in [-0.15, -0.1) is 0 Å². The first-order valence-corrected chi connectivity index (χ1v) is 11.0. The van der Waals surface area contributed by atoms with Crippen LogP contribution in [-0.4, -0.2) is 25.7 Å². The number of benzene rings is 2. The Labute approximate surface area is 186 Å². The summed E-state index contributed by atoms with van der Waals surface area (Å²) >= 11 is 18.9. The van der Waals surface area contributed by atoms with Gasteiger partial charge in [-0.2, -0.15) is 0 Å². The molecule has 0 spiro atoms. The molecule has 2 aliphatic rings. The molecule has 154 valence electrons. The Kier molecular flexibility index (Phi) is 5.87. The summed E-state index contributed by atoms with van der Waals surface area (Å²) in [6, 6.07) is 13.7. The van der Waals surface area contributed by atoms with Gasteiger partial charge < -0.3 is 10.1 Å². The molecule has 2 fully saturated rings. The molecule has 1 saturated carbocycles. The first-order valence-electron chi connectivity index (χ1n) is 9.87. The van der Waals surface area contributed by atoms with E-state index in [0.717, 1.165) is 18.4 Å². The van der Waals surface area contributed by atoms with Crippen molar-refractivity contribution in [2.75, 3.05) is 13.7 Å². The smallest absolute Gasteiger partial charge is 0.229 e. The summed E-state index contributed by atoms with van der Waals surface area (Å²) in [5.41, 5.74) is 1.71. The van der Waals surface area contributed by atoms with Gasteiger partial charge in [-0.1, -0.05) is 53.0 Å². The normalized spacial score (nSPS) is 31.4. The van der Waals surface area contributed by atoms with Crippen molar-refractivity contribution >= 4 is 40.7 Å². The quantitative estimate of drug-likeness (QED) is 0.611. The molecule has 6 heteroatoms. The Balaban J connectivity index is 1.86. The fraction of sp³-hybridized carbons (Fsp3) is 0.435. The second-order valence-electron chi connectivity index (χ2n) is 8.27. The fourth-order valence-corrected chi connectivity index (χ4v) is 6.29. The number of carbonyl (C=O) groups excluding carboxylic acids is 1. The lowest BCUT2D eigenvalue weighted by molar-refractivity contribution is -0.135. The van der Waals surface area contributed by atoms with Crippen LogP contribution in [0.25, 0.3) is 0 Å². The summed E-state index contributed by atoms with van der Waals surface area (Å²) in [6.07, 6.45) is 1.60. The monoisotopic (exact) mass is 451 g/mol. The van der Waals surface area contributed by atoms with Crippen LogP contribution in [0.5, 0.6) is 0 Å². The van der Waals surface area contributed by atoms with E-state index in [-0.39, 0.29) is 29.7 Å². The number of halogens is 3. The summed E-state index contributed by atoms with van der Waals surface area (Å²) in [5.74, 6) is 0.452. The molecule has 0 aromatic heterocycles. The third kappa shape index (κ3) is 3.57. The molecule has 0 bridgehead atoms. The number of amides is 1. The number of hydrogen-bond donors (Lipinski definition) is 1. The van der Waals surface area contributed by atoms with E-state index in [0.29, 0.717) is 21.7 Å². The second kappa shape index (κ2) is 8.11. The van der Waals surface area contributed by atoms with Crippen LogP contribution in [0.3, 0.4) is 0 Å². The van der Waals surface area contributed by atoms with Gasteiger partial charge in [-0.3, -0.25) is 4.79 Å². The minimum Gasteiger partial charge on any atom is -0.384 e. The highest BCUT2D eigenvalue weighted by molar-refractivity contribution is 6.35. The van der Waals surface area contributed by atoms with E-state index in [9.17, 15) is 4.79 Å². The molecule has 1 amide bonds. The average molecular weight is 453 g/mol. The van der Waals surface area contributed by atoms with Crippen LogP contribution in [0, 0.1) is 11.3 Å². The zero-order valence-electron chi connectivity index (χ0n) is 16.4. The van der Waals surface area contributed by atoms with Crippen molar-refractivity contribution in [3.63, 3.8) is 0 Å². The van der Waals surface area contributed by atoms with Gasteiger partial charge in [0, 0.05) is 34.1 Å². The Morgan fingerprint density at radius 2 is 1.79 bits per heavy atom. The number of rotatable bonds is 4. The molecule has 1 N–H and O–H groups in total. The third-order valence-electron chi connectivity index (χ3n) is 6.73. The Hall–Kier alpha value is -1.26. The predicted octanol–water partition coefficient (Wildman–Crippen LogP) is 6.08. The van der Waals surface area contributed by atoms with E-state index in [1.54, 1.807) is 13.2 Å². The molecule has 4 rings (SSSR count). The van der Waals surface area contributed by atoms with Crippen molar-refractivity contribution in [1.29, 1.82) is 0 Å². The highest BCUT2D eigenvalue weighted by Crippen LogP contribution is 2.59. The van der Waals surface area contributed by atoms with Crippen LogP contribution in [0.2, 0.25) is 15.1 Å². The van der Waals surface area contributed by atoms with Crippen molar-refractivity contribution in [2.24, 2.45) is 11.3 Å². The first-order chi connectivity index (χ1) is 13.9. The van der Waals surface area contributed by atoms with E-state index < -0.39 is 5.41 Å². The molecule has 1 heterocycles. The van der Waals surface area contributed by atoms with E-state index in [1.165, 1.54) is 5.56 Å². The zero-order chi connectivity index (χ0) is 20.8. The van der Waals surface area contributed by atoms with Crippen molar-refractivity contribution < 1.29 is 9.53 Å². The minimum absolute atomic E-state index is 0.0344. The van der Waals surface area contributed by atoms with Crippen LogP contribution in [0.1, 0.15) is 42.7 Å². The maximum absolute atomic E-state index is 13.1. The highest BCUT2D eigenvalue weighted by atomic mass is 35.5. The van der Waals surface area contributed by atoms with Crippen LogP contribution in [0.15, 0.2) is 42.5 Å². The van der Waals surface area contributed by atoms with Gasteiger partial charge in [0.05, 0.1) is 12.0 Å².